The lowest BCUT2D eigenvalue weighted by atomic mass is 10.0. The normalized spacial score (nSPS) is 10.8. The molecule has 0 saturated carbocycles. The molecule has 0 fully saturated rings. The number of halogens is 1. The van der Waals surface area contributed by atoms with Crippen LogP contribution in [-0.2, 0) is 6.42 Å². The van der Waals surface area contributed by atoms with Gasteiger partial charge in [0, 0.05) is 16.9 Å². The number of aromatic nitrogens is 2. The highest BCUT2D eigenvalue weighted by Gasteiger charge is 2.10. The number of rotatable bonds is 5. The summed E-state index contributed by atoms with van der Waals surface area (Å²) >= 11 is 3.48. The van der Waals surface area contributed by atoms with Gasteiger partial charge in [-0.2, -0.15) is 0 Å². The van der Waals surface area contributed by atoms with E-state index in [2.05, 4.69) is 45.8 Å². The smallest absolute Gasteiger partial charge is 0.321 e. The van der Waals surface area contributed by atoms with E-state index in [-0.39, 0.29) is 0 Å². The number of hydrogen-bond donors (Lipinski definition) is 1. The molecular weight excluding hydrogens is 318 g/mol. The van der Waals surface area contributed by atoms with E-state index in [1.165, 1.54) is 0 Å². The summed E-state index contributed by atoms with van der Waals surface area (Å²) in [4.78, 5) is 8.43. The van der Waals surface area contributed by atoms with E-state index in [0.29, 0.717) is 18.5 Å². The van der Waals surface area contributed by atoms with Crippen molar-refractivity contribution in [2.24, 2.45) is 5.73 Å². The van der Waals surface area contributed by atoms with Crippen molar-refractivity contribution in [3.05, 3.63) is 46.2 Å². The number of benzene rings is 1. The van der Waals surface area contributed by atoms with Crippen LogP contribution in [0.2, 0.25) is 0 Å². The lowest BCUT2D eigenvalue weighted by Gasteiger charge is -2.13. The van der Waals surface area contributed by atoms with Gasteiger partial charge in [-0.25, -0.2) is 9.97 Å². The second-order valence-electron chi connectivity index (χ2n) is 4.85. The molecule has 0 bridgehead atoms. The van der Waals surface area contributed by atoms with Gasteiger partial charge in [0.05, 0.1) is 0 Å². The van der Waals surface area contributed by atoms with Crippen LogP contribution < -0.4 is 10.5 Å². The van der Waals surface area contributed by atoms with Gasteiger partial charge in [-0.1, -0.05) is 29.8 Å². The van der Waals surface area contributed by atoms with Gasteiger partial charge in [-0.05, 0) is 48.2 Å². The molecule has 1 aromatic heterocycles. The Kier molecular flexibility index (Phi) is 5.09. The molecule has 2 rings (SSSR count). The maximum atomic E-state index is 5.78. The number of ether oxygens (including phenoxy) is 1. The Morgan fingerprint density at radius 2 is 1.95 bits per heavy atom. The molecule has 1 heterocycles. The fraction of sp³-hybridized carbons (Fsp3) is 0.333. The minimum atomic E-state index is 0.356. The predicted octanol–water partition coefficient (Wildman–Crippen LogP) is 3.66. The molecule has 0 aliphatic rings. The van der Waals surface area contributed by atoms with E-state index in [9.17, 15) is 0 Å². The molecule has 2 N–H and O–H groups in total. The third-order valence-corrected chi connectivity index (χ3v) is 3.40. The molecule has 0 saturated heterocycles. The van der Waals surface area contributed by atoms with Gasteiger partial charge in [0.2, 0.25) is 0 Å². The first-order chi connectivity index (χ1) is 9.60. The Morgan fingerprint density at radius 1 is 1.25 bits per heavy atom. The lowest BCUT2D eigenvalue weighted by Crippen LogP contribution is -2.04. The van der Waals surface area contributed by atoms with Crippen LogP contribution in [0.3, 0.4) is 0 Å². The van der Waals surface area contributed by atoms with E-state index < -0.39 is 0 Å². The first-order valence-corrected chi connectivity index (χ1v) is 7.37. The predicted molar refractivity (Wildman–Crippen MR) is 83.1 cm³/mol. The summed E-state index contributed by atoms with van der Waals surface area (Å²) in [5.74, 6) is 1.15. The molecule has 0 aliphatic heterocycles. The van der Waals surface area contributed by atoms with E-state index >= 15 is 0 Å². The summed E-state index contributed by atoms with van der Waals surface area (Å²) in [5, 5.41) is 0. The maximum Gasteiger partial charge on any atom is 0.321 e. The van der Waals surface area contributed by atoms with Gasteiger partial charge >= 0.3 is 6.01 Å². The molecule has 0 radical (unpaired) electrons. The molecule has 0 unspecified atom stereocenters. The average molecular weight is 336 g/mol. The molecule has 0 amide bonds. The largest absolute Gasteiger partial charge is 0.424 e. The Bertz CT molecular complexity index is 570. The summed E-state index contributed by atoms with van der Waals surface area (Å²) in [6.07, 6.45) is 4.28. The summed E-state index contributed by atoms with van der Waals surface area (Å²) in [5.41, 5.74) is 7.63. The highest BCUT2D eigenvalue weighted by molar-refractivity contribution is 9.10. The SMILES string of the molecule is CC(C)c1cc(Br)ccc1Oc1ncc(CCN)cn1. The Hall–Kier alpha value is -1.46. The van der Waals surface area contributed by atoms with Crippen molar-refractivity contribution in [1.29, 1.82) is 0 Å². The summed E-state index contributed by atoms with van der Waals surface area (Å²) in [6, 6.07) is 6.29. The average Bonchev–Trinajstić information content (AvgIpc) is 2.43. The van der Waals surface area contributed by atoms with Crippen LogP contribution >= 0.6 is 15.9 Å². The van der Waals surface area contributed by atoms with Crippen LogP contribution in [0, 0.1) is 0 Å². The van der Waals surface area contributed by atoms with E-state index in [0.717, 1.165) is 27.8 Å². The zero-order chi connectivity index (χ0) is 14.5. The quantitative estimate of drug-likeness (QED) is 0.905. The molecule has 0 aliphatic carbocycles. The Balaban J connectivity index is 2.21. The van der Waals surface area contributed by atoms with Crippen molar-refractivity contribution in [2.45, 2.75) is 26.2 Å². The second kappa shape index (κ2) is 6.81. The van der Waals surface area contributed by atoms with Crippen molar-refractivity contribution < 1.29 is 4.74 Å². The third kappa shape index (κ3) is 3.77. The molecule has 1 aromatic carbocycles. The molecule has 0 spiro atoms. The zero-order valence-electron chi connectivity index (χ0n) is 11.6. The highest BCUT2D eigenvalue weighted by Crippen LogP contribution is 2.31. The third-order valence-electron chi connectivity index (χ3n) is 2.91. The van der Waals surface area contributed by atoms with Gasteiger partial charge in [0.1, 0.15) is 5.75 Å². The topological polar surface area (TPSA) is 61.0 Å². The molecule has 0 atom stereocenters. The monoisotopic (exact) mass is 335 g/mol. The van der Waals surface area contributed by atoms with E-state index in [1.807, 2.05) is 12.1 Å². The van der Waals surface area contributed by atoms with Crippen molar-refractivity contribution >= 4 is 15.9 Å². The Morgan fingerprint density at radius 3 is 2.55 bits per heavy atom. The highest BCUT2D eigenvalue weighted by atomic mass is 79.9. The first-order valence-electron chi connectivity index (χ1n) is 6.58. The van der Waals surface area contributed by atoms with Gasteiger partial charge in [-0.3, -0.25) is 0 Å². The van der Waals surface area contributed by atoms with Gasteiger partial charge in [-0.15, -0.1) is 0 Å². The fourth-order valence-electron chi connectivity index (χ4n) is 1.85. The van der Waals surface area contributed by atoms with Crippen LogP contribution in [-0.4, -0.2) is 16.5 Å². The molecule has 20 heavy (non-hydrogen) atoms. The van der Waals surface area contributed by atoms with Crippen LogP contribution in [0.15, 0.2) is 35.1 Å². The van der Waals surface area contributed by atoms with E-state index in [4.69, 9.17) is 10.5 Å². The van der Waals surface area contributed by atoms with Crippen LogP contribution in [0.4, 0.5) is 0 Å². The van der Waals surface area contributed by atoms with Crippen molar-refractivity contribution in [3.63, 3.8) is 0 Å². The summed E-state index contributed by atoms with van der Waals surface area (Å²) in [6.45, 7) is 4.84. The fourth-order valence-corrected chi connectivity index (χ4v) is 2.23. The van der Waals surface area contributed by atoms with Gasteiger partial charge in [0.25, 0.3) is 0 Å². The second-order valence-corrected chi connectivity index (χ2v) is 5.77. The number of nitrogens with two attached hydrogens (primary N) is 1. The minimum absolute atomic E-state index is 0.356. The van der Waals surface area contributed by atoms with Gasteiger partial charge in [0.15, 0.2) is 0 Å². The molecule has 5 heteroatoms. The number of nitrogens with zero attached hydrogens (tertiary/aromatic N) is 2. The van der Waals surface area contributed by atoms with Crippen LogP contribution in [0.1, 0.15) is 30.9 Å². The van der Waals surface area contributed by atoms with Crippen molar-refractivity contribution in [2.75, 3.05) is 6.54 Å². The minimum Gasteiger partial charge on any atom is -0.424 e. The first kappa shape index (κ1) is 14.9. The summed E-state index contributed by atoms with van der Waals surface area (Å²) in [7, 11) is 0. The zero-order valence-corrected chi connectivity index (χ0v) is 13.2. The van der Waals surface area contributed by atoms with E-state index in [1.54, 1.807) is 12.4 Å². The molecular formula is C15H18BrN3O. The Labute approximate surface area is 127 Å². The maximum absolute atomic E-state index is 5.78. The standard InChI is InChI=1S/C15H18BrN3O/c1-10(2)13-7-12(16)3-4-14(13)20-15-18-8-11(5-6-17)9-19-15/h3-4,7-10H,5-6,17H2,1-2H3. The molecule has 4 nitrogen and oxygen atoms in total. The molecule has 106 valence electrons. The van der Waals surface area contributed by atoms with Crippen molar-refractivity contribution in [1.82, 2.24) is 9.97 Å². The van der Waals surface area contributed by atoms with Crippen LogP contribution in [0.25, 0.3) is 0 Å². The summed E-state index contributed by atoms with van der Waals surface area (Å²) < 4.78 is 6.82. The number of hydrogen-bond acceptors (Lipinski definition) is 4. The van der Waals surface area contributed by atoms with Crippen molar-refractivity contribution in [3.8, 4) is 11.8 Å². The molecule has 2 aromatic rings. The van der Waals surface area contributed by atoms with Crippen LogP contribution in [0.5, 0.6) is 11.8 Å². The van der Waals surface area contributed by atoms with Gasteiger partial charge < -0.3 is 10.5 Å². The lowest BCUT2D eigenvalue weighted by molar-refractivity contribution is 0.433.